The van der Waals surface area contributed by atoms with E-state index >= 15 is 0 Å². The van der Waals surface area contributed by atoms with Gasteiger partial charge in [0.15, 0.2) is 0 Å². The molecule has 1 aliphatic rings. The molecule has 0 amide bonds. The van der Waals surface area contributed by atoms with Crippen molar-refractivity contribution in [1.29, 1.82) is 0 Å². The SMILES string of the molecule is BrCCN(c1ncnc2ccccc12)C1CCCC1. The zero-order chi connectivity index (χ0) is 13.1. The van der Waals surface area contributed by atoms with Crippen LogP contribution in [0.1, 0.15) is 25.7 Å². The Morgan fingerprint density at radius 2 is 1.95 bits per heavy atom. The summed E-state index contributed by atoms with van der Waals surface area (Å²) in [6.07, 6.45) is 6.93. The first-order valence-corrected chi connectivity index (χ1v) is 8.04. The molecular weight excluding hydrogens is 302 g/mol. The van der Waals surface area contributed by atoms with Crippen molar-refractivity contribution in [3.63, 3.8) is 0 Å². The Labute approximate surface area is 122 Å². The van der Waals surface area contributed by atoms with Gasteiger partial charge in [-0.15, -0.1) is 0 Å². The number of alkyl halides is 1. The number of nitrogens with zero attached hydrogens (tertiary/aromatic N) is 3. The largest absolute Gasteiger partial charge is 0.352 e. The lowest BCUT2D eigenvalue weighted by molar-refractivity contribution is 0.617. The van der Waals surface area contributed by atoms with Crippen molar-refractivity contribution in [2.75, 3.05) is 16.8 Å². The molecule has 1 heterocycles. The molecule has 1 saturated carbocycles. The molecule has 0 unspecified atom stereocenters. The van der Waals surface area contributed by atoms with Crippen LogP contribution in [-0.2, 0) is 0 Å². The first-order valence-electron chi connectivity index (χ1n) is 6.92. The Morgan fingerprint density at radius 3 is 2.74 bits per heavy atom. The highest BCUT2D eigenvalue weighted by atomic mass is 79.9. The lowest BCUT2D eigenvalue weighted by Crippen LogP contribution is -2.35. The molecule has 3 rings (SSSR count). The summed E-state index contributed by atoms with van der Waals surface area (Å²) < 4.78 is 0. The summed E-state index contributed by atoms with van der Waals surface area (Å²) in [5, 5.41) is 2.14. The van der Waals surface area contributed by atoms with Crippen molar-refractivity contribution in [3.05, 3.63) is 30.6 Å². The molecule has 0 saturated heterocycles. The summed E-state index contributed by atoms with van der Waals surface area (Å²) in [5.74, 6) is 1.09. The Kier molecular flexibility index (Phi) is 3.97. The first kappa shape index (κ1) is 12.9. The zero-order valence-corrected chi connectivity index (χ0v) is 12.5. The molecule has 1 aromatic carbocycles. The second-order valence-electron chi connectivity index (χ2n) is 5.04. The van der Waals surface area contributed by atoms with Crippen molar-refractivity contribution >= 4 is 32.7 Å². The highest BCUT2D eigenvalue weighted by Crippen LogP contribution is 2.30. The van der Waals surface area contributed by atoms with Gasteiger partial charge in [-0.05, 0) is 25.0 Å². The maximum Gasteiger partial charge on any atom is 0.140 e. The molecule has 0 aliphatic heterocycles. The van der Waals surface area contributed by atoms with Crippen molar-refractivity contribution in [1.82, 2.24) is 9.97 Å². The van der Waals surface area contributed by atoms with Crippen LogP contribution >= 0.6 is 15.9 Å². The van der Waals surface area contributed by atoms with Gasteiger partial charge in [-0.1, -0.05) is 40.9 Å². The van der Waals surface area contributed by atoms with Crippen molar-refractivity contribution in [2.24, 2.45) is 0 Å². The summed E-state index contributed by atoms with van der Waals surface area (Å²) in [6, 6.07) is 8.91. The summed E-state index contributed by atoms with van der Waals surface area (Å²) in [5.41, 5.74) is 1.03. The maximum absolute atomic E-state index is 4.56. The minimum absolute atomic E-state index is 0.635. The molecule has 0 atom stereocenters. The van der Waals surface area contributed by atoms with E-state index in [1.807, 2.05) is 6.07 Å². The summed E-state index contributed by atoms with van der Waals surface area (Å²) >= 11 is 3.57. The molecule has 3 nitrogen and oxygen atoms in total. The van der Waals surface area contributed by atoms with Crippen molar-refractivity contribution in [3.8, 4) is 0 Å². The Hall–Kier alpha value is -1.16. The fourth-order valence-electron chi connectivity index (χ4n) is 2.99. The number of para-hydroxylation sites is 1. The lowest BCUT2D eigenvalue weighted by atomic mass is 10.1. The summed E-state index contributed by atoms with van der Waals surface area (Å²) in [4.78, 5) is 11.4. The number of halogens is 1. The number of hydrogen-bond donors (Lipinski definition) is 0. The zero-order valence-electron chi connectivity index (χ0n) is 10.9. The van der Waals surface area contributed by atoms with Crippen LogP contribution in [0.2, 0.25) is 0 Å². The highest BCUT2D eigenvalue weighted by Gasteiger charge is 2.24. The van der Waals surface area contributed by atoms with E-state index in [2.05, 4.69) is 49.0 Å². The van der Waals surface area contributed by atoms with Gasteiger partial charge >= 0.3 is 0 Å². The van der Waals surface area contributed by atoms with E-state index in [9.17, 15) is 0 Å². The molecule has 0 radical (unpaired) electrons. The lowest BCUT2D eigenvalue weighted by Gasteiger charge is -2.30. The smallest absolute Gasteiger partial charge is 0.140 e. The van der Waals surface area contributed by atoms with Crippen LogP contribution in [0.4, 0.5) is 5.82 Å². The first-order chi connectivity index (χ1) is 9.40. The standard InChI is InChI=1S/C15H18BrN3/c16-9-10-19(12-5-1-2-6-12)15-13-7-3-4-8-14(13)17-11-18-15/h3-4,7-8,11-12H,1-2,5-6,9-10H2. The molecule has 2 aromatic rings. The molecule has 1 aromatic heterocycles. The Balaban J connectivity index is 2.03. The maximum atomic E-state index is 4.56. The van der Waals surface area contributed by atoms with E-state index in [1.54, 1.807) is 6.33 Å². The number of hydrogen-bond acceptors (Lipinski definition) is 3. The van der Waals surface area contributed by atoms with Crippen molar-refractivity contribution < 1.29 is 0 Å². The van der Waals surface area contributed by atoms with Crippen LogP contribution in [-0.4, -0.2) is 27.9 Å². The molecule has 0 N–H and O–H groups in total. The molecule has 19 heavy (non-hydrogen) atoms. The molecular formula is C15H18BrN3. The van der Waals surface area contributed by atoms with Crippen LogP contribution in [0.25, 0.3) is 10.9 Å². The average molecular weight is 320 g/mol. The third-order valence-corrected chi connectivity index (χ3v) is 4.24. The van der Waals surface area contributed by atoms with Gasteiger partial charge in [0.05, 0.1) is 5.52 Å². The van der Waals surface area contributed by atoms with Crippen molar-refractivity contribution in [2.45, 2.75) is 31.7 Å². The van der Waals surface area contributed by atoms with Gasteiger partial charge in [0, 0.05) is 23.3 Å². The molecule has 4 heteroatoms. The number of rotatable bonds is 4. The van der Waals surface area contributed by atoms with Gasteiger partial charge in [-0.25, -0.2) is 9.97 Å². The van der Waals surface area contributed by atoms with Crippen LogP contribution in [0.15, 0.2) is 30.6 Å². The quantitative estimate of drug-likeness (QED) is 0.803. The molecule has 1 fully saturated rings. The fraction of sp³-hybridized carbons (Fsp3) is 0.467. The third kappa shape index (κ3) is 2.59. The van der Waals surface area contributed by atoms with E-state index in [1.165, 1.54) is 25.7 Å². The molecule has 0 bridgehead atoms. The van der Waals surface area contributed by atoms with Gasteiger partial charge in [0.1, 0.15) is 12.1 Å². The van der Waals surface area contributed by atoms with Gasteiger partial charge in [-0.2, -0.15) is 0 Å². The molecule has 1 aliphatic carbocycles. The van der Waals surface area contributed by atoms with E-state index in [0.717, 1.165) is 28.6 Å². The number of aromatic nitrogens is 2. The van der Waals surface area contributed by atoms with Crippen LogP contribution in [0, 0.1) is 0 Å². The van der Waals surface area contributed by atoms with Crippen LogP contribution in [0.3, 0.4) is 0 Å². The van der Waals surface area contributed by atoms with Crippen LogP contribution in [0.5, 0.6) is 0 Å². The molecule has 100 valence electrons. The normalized spacial score (nSPS) is 16.1. The predicted molar refractivity (Wildman–Crippen MR) is 82.9 cm³/mol. The predicted octanol–water partition coefficient (Wildman–Crippen LogP) is 3.77. The minimum Gasteiger partial charge on any atom is -0.352 e. The number of benzene rings is 1. The fourth-order valence-corrected chi connectivity index (χ4v) is 3.37. The average Bonchev–Trinajstić information content (AvgIpc) is 2.98. The summed E-state index contributed by atoms with van der Waals surface area (Å²) in [7, 11) is 0. The number of anilines is 1. The van der Waals surface area contributed by atoms with E-state index in [0.29, 0.717) is 6.04 Å². The molecule has 0 spiro atoms. The van der Waals surface area contributed by atoms with Gasteiger partial charge in [0.25, 0.3) is 0 Å². The third-order valence-electron chi connectivity index (χ3n) is 3.88. The van der Waals surface area contributed by atoms with E-state index < -0.39 is 0 Å². The number of fused-ring (bicyclic) bond motifs is 1. The Morgan fingerprint density at radius 1 is 1.16 bits per heavy atom. The minimum atomic E-state index is 0.635. The monoisotopic (exact) mass is 319 g/mol. The Bertz CT molecular complexity index is 547. The summed E-state index contributed by atoms with van der Waals surface area (Å²) in [6.45, 7) is 1.01. The highest BCUT2D eigenvalue weighted by molar-refractivity contribution is 9.09. The van der Waals surface area contributed by atoms with E-state index in [4.69, 9.17) is 0 Å². The van der Waals surface area contributed by atoms with Crippen LogP contribution < -0.4 is 4.90 Å². The van der Waals surface area contributed by atoms with Gasteiger partial charge < -0.3 is 4.90 Å². The van der Waals surface area contributed by atoms with Gasteiger partial charge in [-0.3, -0.25) is 0 Å². The topological polar surface area (TPSA) is 29.0 Å². The second kappa shape index (κ2) is 5.87. The second-order valence-corrected chi connectivity index (χ2v) is 5.83. The van der Waals surface area contributed by atoms with Gasteiger partial charge in [0.2, 0.25) is 0 Å². The van der Waals surface area contributed by atoms with E-state index in [-0.39, 0.29) is 0 Å².